The lowest BCUT2D eigenvalue weighted by atomic mass is 10.2. The first-order valence-corrected chi connectivity index (χ1v) is 4.73. The zero-order valence-corrected chi connectivity index (χ0v) is 7.74. The normalized spacial score (nSPS) is 24.4. The Morgan fingerprint density at radius 3 is 2.71 bits per heavy atom. The number of halogens is 1. The minimum absolute atomic E-state index is 0.0441. The van der Waals surface area contributed by atoms with Gasteiger partial charge in [-0.05, 0) is 18.6 Å². The zero-order chi connectivity index (χ0) is 9.97. The first kappa shape index (κ1) is 9.19. The third kappa shape index (κ3) is 1.92. The molecular weight excluding hydrogens is 181 g/mol. The highest BCUT2D eigenvalue weighted by Gasteiger charge is 2.38. The third-order valence-corrected chi connectivity index (χ3v) is 2.47. The van der Waals surface area contributed by atoms with Crippen LogP contribution in [0.3, 0.4) is 0 Å². The van der Waals surface area contributed by atoms with Gasteiger partial charge in [0.15, 0.2) is 0 Å². The van der Waals surface area contributed by atoms with Crippen molar-refractivity contribution in [2.75, 3.05) is 6.67 Å². The number of hydrogen-bond acceptors (Lipinski definition) is 1. The van der Waals surface area contributed by atoms with Crippen molar-refractivity contribution in [2.45, 2.75) is 12.5 Å². The summed E-state index contributed by atoms with van der Waals surface area (Å²) >= 11 is 0. The molecule has 0 radical (unpaired) electrons. The third-order valence-electron chi connectivity index (χ3n) is 2.47. The molecule has 0 unspecified atom stereocenters. The number of hydrogen-bond donors (Lipinski definition) is 1. The lowest BCUT2D eigenvalue weighted by Gasteiger charge is -2.02. The Bertz CT molecular complexity index is 325. The second-order valence-electron chi connectivity index (χ2n) is 3.60. The van der Waals surface area contributed by atoms with Crippen molar-refractivity contribution >= 4 is 5.91 Å². The smallest absolute Gasteiger partial charge is 0.251 e. The summed E-state index contributed by atoms with van der Waals surface area (Å²) in [5, 5.41) is 2.79. The van der Waals surface area contributed by atoms with Crippen molar-refractivity contribution in [3.8, 4) is 0 Å². The van der Waals surface area contributed by atoms with Crippen LogP contribution in [0.4, 0.5) is 4.39 Å². The van der Waals surface area contributed by atoms with E-state index in [-0.39, 0.29) is 24.5 Å². The molecule has 14 heavy (non-hydrogen) atoms. The molecule has 1 aromatic carbocycles. The number of carbonyl (C=O) groups is 1. The number of carbonyl (C=O) groups excluding carboxylic acids is 1. The van der Waals surface area contributed by atoms with Gasteiger partial charge in [0.2, 0.25) is 0 Å². The highest BCUT2D eigenvalue weighted by molar-refractivity contribution is 5.94. The van der Waals surface area contributed by atoms with E-state index in [4.69, 9.17) is 0 Å². The number of amides is 1. The van der Waals surface area contributed by atoms with Gasteiger partial charge in [-0.3, -0.25) is 9.18 Å². The van der Waals surface area contributed by atoms with Gasteiger partial charge < -0.3 is 5.32 Å². The molecule has 1 aliphatic carbocycles. The van der Waals surface area contributed by atoms with Crippen LogP contribution in [0.1, 0.15) is 16.8 Å². The maximum Gasteiger partial charge on any atom is 0.251 e. The molecular formula is C11H12FNO. The van der Waals surface area contributed by atoms with Crippen molar-refractivity contribution in [3.05, 3.63) is 35.9 Å². The van der Waals surface area contributed by atoms with Crippen molar-refractivity contribution in [1.29, 1.82) is 0 Å². The standard InChI is InChI=1S/C11H12FNO/c12-7-9-6-10(9)13-11(14)8-4-2-1-3-5-8/h1-5,9-10H,6-7H2,(H,13,14)/t9-,10-/m0/s1. The molecule has 2 rings (SSSR count). The van der Waals surface area contributed by atoms with Gasteiger partial charge in [0.05, 0.1) is 6.67 Å². The Labute approximate surface area is 82.1 Å². The molecule has 1 aromatic rings. The molecule has 0 aliphatic heterocycles. The van der Waals surface area contributed by atoms with E-state index in [1.807, 2.05) is 18.2 Å². The molecule has 74 valence electrons. The fourth-order valence-corrected chi connectivity index (χ4v) is 1.44. The lowest BCUT2D eigenvalue weighted by Crippen LogP contribution is -2.26. The zero-order valence-electron chi connectivity index (χ0n) is 7.74. The van der Waals surface area contributed by atoms with Gasteiger partial charge in [-0.15, -0.1) is 0 Å². The van der Waals surface area contributed by atoms with Crippen LogP contribution in [-0.2, 0) is 0 Å². The van der Waals surface area contributed by atoms with Crippen LogP contribution in [0.15, 0.2) is 30.3 Å². The second kappa shape index (κ2) is 3.78. The van der Waals surface area contributed by atoms with E-state index in [9.17, 15) is 9.18 Å². The summed E-state index contributed by atoms with van der Waals surface area (Å²) < 4.78 is 12.1. The van der Waals surface area contributed by atoms with Gasteiger partial charge in [0.25, 0.3) is 5.91 Å². The molecule has 3 heteroatoms. The van der Waals surface area contributed by atoms with E-state index >= 15 is 0 Å². The van der Waals surface area contributed by atoms with Crippen molar-refractivity contribution in [1.82, 2.24) is 5.32 Å². The summed E-state index contributed by atoms with van der Waals surface area (Å²) in [4.78, 5) is 11.5. The predicted octanol–water partition coefficient (Wildman–Crippen LogP) is 1.77. The average molecular weight is 193 g/mol. The number of rotatable bonds is 3. The number of nitrogens with one attached hydrogen (secondary N) is 1. The van der Waals surface area contributed by atoms with Gasteiger partial charge in [-0.1, -0.05) is 18.2 Å². The quantitative estimate of drug-likeness (QED) is 0.778. The summed E-state index contributed by atoms with van der Waals surface area (Å²) in [5.41, 5.74) is 0.636. The van der Waals surface area contributed by atoms with Crippen molar-refractivity contribution in [2.24, 2.45) is 5.92 Å². The molecule has 0 bridgehead atoms. The fraction of sp³-hybridized carbons (Fsp3) is 0.364. The van der Waals surface area contributed by atoms with E-state index in [2.05, 4.69) is 5.32 Å². The van der Waals surface area contributed by atoms with Gasteiger partial charge in [-0.25, -0.2) is 0 Å². The largest absolute Gasteiger partial charge is 0.349 e. The molecule has 2 atom stereocenters. The summed E-state index contributed by atoms with van der Waals surface area (Å²) in [6.45, 7) is -0.334. The average Bonchev–Trinajstić information content (AvgIpc) is 2.98. The Hall–Kier alpha value is -1.38. The van der Waals surface area contributed by atoms with Crippen LogP contribution < -0.4 is 5.32 Å². The van der Waals surface area contributed by atoms with Gasteiger partial charge in [0, 0.05) is 17.5 Å². The Morgan fingerprint density at radius 1 is 1.43 bits per heavy atom. The van der Waals surface area contributed by atoms with Crippen LogP contribution in [0.2, 0.25) is 0 Å². The fourth-order valence-electron chi connectivity index (χ4n) is 1.44. The topological polar surface area (TPSA) is 29.1 Å². The Morgan fingerprint density at radius 2 is 2.14 bits per heavy atom. The maximum atomic E-state index is 12.1. The molecule has 0 aromatic heterocycles. The molecule has 2 nitrogen and oxygen atoms in total. The summed E-state index contributed by atoms with van der Waals surface area (Å²) in [5.74, 6) is -0.0609. The molecule has 0 heterocycles. The van der Waals surface area contributed by atoms with E-state index in [0.717, 1.165) is 6.42 Å². The predicted molar refractivity (Wildman–Crippen MR) is 51.8 cm³/mol. The highest BCUT2D eigenvalue weighted by Crippen LogP contribution is 2.30. The van der Waals surface area contributed by atoms with Gasteiger partial charge in [-0.2, -0.15) is 0 Å². The number of benzene rings is 1. The van der Waals surface area contributed by atoms with E-state index in [1.54, 1.807) is 12.1 Å². The Kier molecular flexibility index (Phi) is 2.48. The molecule has 1 amide bonds. The van der Waals surface area contributed by atoms with Crippen LogP contribution in [0, 0.1) is 5.92 Å². The molecule has 1 saturated carbocycles. The van der Waals surface area contributed by atoms with Gasteiger partial charge >= 0.3 is 0 Å². The van der Waals surface area contributed by atoms with Gasteiger partial charge in [0.1, 0.15) is 0 Å². The van der Waals surface area contributed by atoms with E-state index in [0.29, 0.717) is 5.56 Å². The summed E-state index contributed by atoms with van der Waals surface area (Å²) in [6, 6.07) is 9.04. The van der Waals surface area contributed by atoms with E-state index in [1.165, 1.54) is 0 Å². The van der Waals surface area contributed by atoms with Crippen molar-refractivity contribution < 1.29 is 9.18 Å². The van der Waals surface area contributed by atoms with Crippen LogP contribution in [0.5, 0.6) is 0 Å². The maximum absolute atomic E-state index is 12.1. The minimum Gasteiger partial charge on any atom is -0.349 e. The Balaban J connectivity index is 1.91. The molecule has 0 spiro atoms. The lowest BCUT2D eigenvalue weighted by molar-refractivity contribution is 0.0948. The van der Waals surface area contributed by atoms with Crippen molar-refractivity contribution in [3.63, 3.8) is 0 Å². The molecule has 1 N–H and O–H groups in total. The minimum atomic E-state index is -0.334. The second-order valence-corrected chi connectivity index (χ2v) is 3.60. The number of alkyl halides is 1. The van der Waals surface area contributed by atoms with E-state index < -0.39 is 0 Å². The SMILES string of the molecule is O=C(N[C@H]1C[C@H]1CF)c1ccccc1. The monoisotopic (exact) mass is 193 g/mol. The summed E-state index contributed by atoms with van der Waals surface area (Å²) in [6.07, 6.45) is 0.773. The molecule has 1 fully saturated rings. The van der Waals surface area contributed by atoms with Crippen LogP contribution in [-0.4, -0.2) is 18.6 Å². The van der Waals surface area contributed by atoms with Crippen LogP contribution in [0.25, 0.3) is 0 Å². The molecule has 0 saturated heterocycles. The first-order chi connectivity index (χ1) is 6.81. The first-order valence-electron chi connectivity index (χ1n) is 4.73. The summed E-state index contributed by atoms with van der Waals surface area (Å²) in [7, 11) is 0. The highest BCUT2D eigenvalue weighted by atomic mass is 19.1. The van der Waals surface area contributed by atoms with Crippen LogP contribution >= 0.6 is 0 Å². The molecule has 1 aliphatic rings.